The number of furan rings is 1. The molecule has 2 aromatic rings. The summed E-state index contributed by atoms with van der Waals surface area (Å²) in [5.74, 6) is 1.57. The van der Waals surface area contributed by atoms with Crippen LogP contribution >= 0.6 is 11.8 Å². The van der Waals surface area contributed by atoms with Gasteiger partial charge in [0.15, 0.2) is 11.4 Å². The van der Waals surface area contributed by atoms with Crippen LogP contribution in [0.3, 0.4) is 0 Å². The molecule has 0 saturated heterocycles. The van der Waals surface area contributed by atoms with E-state index < -0.39 is 0 Å². The summed E-state index contributed by atoms with van der Waals surface area (Å²) in [5.41, 5.74) is 0.484. The number of aldehydes is 1. The van der Waals surface area contributed by atoms with E-state index in [4.69, 9.17) is 4.42 Å². The Morgan fingerprint density at radius 2 is 2.20 bits per heavy atom. The topological polar surface area (TPSA) is 56.0 Å². The van der Waals surface area contributed by atoms with E-state index >= 15 is 0 Å². The van der Waals surface area contributed by atoms with Gasteiger partial charge in [-0.3, -0.25) is 4.79 Å². The zero-order valence-corrected chi connectivity index (χ0v) is 8.61. The van der Waals surface area contributed by atoms with Gasteiger partial charge in [0.1, 0.15) is 5.76 Å². The monoisotopic (exact) mass is 220 g/mol. The summed E-state index contributed by atoms with van der Waals surface area (Å²) < 4.78 is 5.17. The average molecular weight is 220 g/mol. The van der Waals surface area contributed by atoms with Crippen molar-refractivity contribution in [3.8, 4) is 0 Å². The zero-order chi connectivity index (χ0) is 10.5. The van der Waals surface area contributed by atoms with E-state index in [0.29, 0.717) is 16.5 Å². The second-order valence-electron chi connectivity index (χ2n) is 2.78. The molecule has 0 fully saturated rings. The Balaban J connectivity index is 1.96. The highest BCUT2D eigenvalue weighted by molar-refractivity contribution is 7.98. The van der Waals surface area contributed by atoms with E-state index in [1.165, 1.54) is 24.2 Å². The Morgan fingerprint density at radius 3 is 2.80 bits per heavy atom. The van der Waals surface area contributed by atoms with Crippen molar-refractivity contribution in [2.45, 2.75) is 10.9 Å². The molecule has 0 aromatic carbocycles. The molecule has 5 heteroatoms. The van der Waals surface area contributed by atoms with E-state index in [2.05, 4.69) is 9.97 Å². The summed E-state index contributed by atoms with van der Waals surface area (Å²) in [7, 11) is 0. The number of carbonyl (C=O) groups excluding carboxylic acids is 1. The number of rotatable bonds is 4. The lowest BCUT2D eigenvalue weighted by Gasteiger charge is -1.97. The minimum atomic E-state index is 0.484. The molecule has 2 aromatic heterocycles. The standard InChI is InChI=1S/C10H8N2O2S/c13-6-8-4-11-10(12-5-8)15-7-9-2-1-3-14-9/h1-6H,7H2. The van der Waals surface area contributed by atoms with E-state index in [9.17, 15) is 4.79 Å². The molecule has 2 rings (SSSR count). The molecule has 76 valence electrons. The molecule has 0 saturated carbocycles. The Hall–Kier alpha value is -1.62. The second-order valence-corrected chi connectivity index (χ2v) is 3.73. The van der Waals surface area contributed by atoms with Gasteiger partial charge in [-0.25, -0.2) is 9.97 Å². The van der Waals surface area contributed by atoms with Crippen LogP contribution in [0, 0.1) is 0 Å². The summed E-state index contributed by atoms with van der Waals surface area (Å²) in [6.45, 7) is 0. The van der Waals surface area contributed by atoms with Crippen molar-refractivity contribution in [1.29, 1.82) is 0 Å². The van der Waals surface area contributed by atoms with Gasteiger partial charge in [-0.1, -0.05) is 11.8 Å². The molecule has 0 spiro atoms. The van der Waals surface area contributed by atoms with Gasteiger partial charge in [0.2, 0.25) is 0 Å². The Kier molecular flexibility index (Phi) is 3.14. The van der Waals surface area contributed by atoms with E-state index in [1.807, 2.05) is 12.1 Å². The molecule has 0 bridgehead atoms. The molecular formula is C10H8N2O2S. The summed E-state index contributed by atoms with van der Waals surface area (Å²) in [4.78, 5) is 18.4. The summed E-state index contributed by atoms with van der Waals surface area (Å²) >= 11 is 1.47. The molecule has 0 radical (unpaired) electrons. The van der Waals surface area contributed by atoms with Gasteiger partial charge >= 0.3 is 0 Å². The van der Waals surface area contributed by atoms with Gasteiger partial charge in [0, 0.05) is 12.4 Å². The van der Waals surface area contributed by atoms with Gasteiger partial charge < -0.3 is 4.42 Å². The van der Waals surface area contributed by atoms with E-state index in [-0.39, 0.29) is 0 Å². The van der Waals surface area contributed by atoms with Crippen molar-refractivity contribution < 1.29 is 9.21 Å². The second kappa shape index (κ2) is 4.75. The van der Waals surface area contributed by atoms with Crippen molar-refractivity contribution in [2.24, 2.45) is 0 Å². The number of hydrogen-bond acceptors (Lipinski definition) is 5. The van der Waals surface area contributed by atoms with Gasteiger partial charge in [0.05, 0.1) is 17.6 Å². The molecule has 2 heterocycles. The molecule has 0 atom stereocenters. The third kappa shape index (κ3) is 2.66. The fourth-order valence-corrected chi connectivity index (χ4v) is 1.68. The molecule has 0 aliphatic rings. The average Bonchev–Trinajstić information content (AvgIpc) is 2.80. The third-order valence-corrected chi connectivity index (χ3v) is 2.61. The number of nitrogens with zero attached hydrogens (tertiary/aromatic N) is 2. The first-order valence-electron chi connectivity index (χ1n) is 4.31. The molecule has 0 amide bonds. The van der Waals surface area contributed by atoms with E-state index in [0.717, 1.165) is 12.0 Å². The SMILES string of the molecule is O=Cc1cnc(SCc2ccco2)nc1. The minimum Gasteiger partial charge on any atom is -0.468 e. The predicted octanol–water partition coefficient (Wildman–Crippen LogP) is 2.17. The maximum Gasteiger partial charge on any atom is 0.187 e. The Labute approximate surface area is 90.7 Å². The lowest BCUT2D eigenvalue weighted by molar-refractivity contribution is 0.112. The van der Waals surface area contributed by atoms with Crippen molar-refractivity contribution in [3.05, 3.63) is 42.1 Å². The predicted molar refractivity (Wildman–Crippen MR) is 55.7 cm³/mol. The van der Waals surface area contributed by atoms with Gasteiger partial charge in [-0.15, -0.1) is 0 Å². The Bertz CT molecular complexity index is 425. The summed E-state index contributed by atoms with van der Waals surface area (Å²) in [6, 6.07) is 3.74. The molecule has 0 aliphatic carbocycles. The van der Waals surface area contributed by atoms with E-state index in [1.54, 1.807) is 6.26 Å². The highest BCUT2D eigenvalue weighted by Gasteiger charge is 2.00. The molecule has 0 unspecified atom stereocenters. The zero-order valence-electron chi connectivity index (χ0n) is 7.79. The molecule has 0 aliphatic heterocycles. The van der Waals surface area contributed by atoms with Crippen molar-refractivity contribution >= 4 is 18.0 Å². The first-order valence-corrected chi connectivity index (χ1v) is 5.29. The minimum absolute atomic E-state index is 0.484. The van der Waals surface area contributed by atoms with Crippen molar-refractivity contribution in [3.63, 3.8) is 0 Å². The van der Waals surface area contributed by atoms with Gasteiger partial charge in [-0.05, 0) is 12.1 Å². The van der Waals surface area contributed by atoms with Gasteiger partial charge in [-0.2, -0.15) is 0 Å². The molecule has 4 nitrogen and oxygen atoms in total. The van der Waals surface area contributed by atoms with Crippen LogP contribution in [0.2, 0.25) is 0 Å². The first-order chi connectivity index (χ1) is 7.38. The quantitative estimate of drug-likeness (QED) is 0.449. The van der Waals surface area contributed by atoms with Crippen LogP contribution in [-0.2, 0) is 5.75 Å². The lowest BCUT2D eigenvalue weighted by atomic mass is 10.4. The van der Waals surface area contributed by atoms with Crippen LogP contribution in [-0.4, -0.2) is 16.3 Å². The third-order valence-electron chi connectivity index (χ3n) is 1.71. The van der Waals surface area contributed by atoms with Crippen LogP contribution in [0.25, 0.3) is 0 Å². The highest BCUT2D eigenvalue weighted by Crippen LogP contribution is 2.18. The highest BCUT2D eigenvalue weighted by atomic mass is 32.2. The summed E-state index contributed by atoms with van der Waals surface area (Å²) in [5, 5.41) is 0.636. The number of aromatic nitrogens is 2. The summed E-state index contributed by atoms with van der Waals surface area (Å²) in [6.07, 6.45) is 5.36. The van der Waals surface area contributed by atoms with Crippen LogP contribution < -0.4 is 0 Å². The van der Waals surface area contributed by atoms with Crippen LogP contribution in [0.4, 0.5) is 0 Å². The number of carbonyl (C=O) groups is 1. The fraction of sp³-hybridized carbons (Fsp3) is 0.100. The van der Waals surface area contributed by atoms with Crippen LogP contribution in [0.1, 0.15) is 16.1 Å². The Morgan fingerprint density at radius 1 is 1.40 bits per heavy atom. The van der Waals surface area contributed by atoms with Crippen LogP contribution in [0.5, 0.6) is 0 Å². The normalized spacial score (nSPS) is 10.1. The van der Waals surface area contributed by atoms with Crippen molar-refractivity contribution in [1.82, 2.24) is 9.97 Å². The maximum absolute atomic E-state index is 10.4. The molecular weight excluding hydrogens is 212 g/mol. The molecule has 15 heavy (non-hydrogen) atoms. The molecule has 0 N–H and O–H groups in total. The fourth-order valence-electron chi connectivity index (χ4n) is 0.992. The van der Waals surface area contributed by atoms with Crippen LogP contribution in [0.15, 0.2) is 40.4 Å². The maximum atomic E-state index is 10.4. The van der Waals surface area contributed by atoms with Gasteiger partial charge in [0.25, 0.3) is 0 Å². The van der Waals surface area contributed by atoms with Crippen molar-refractivity contribution in [2.75, 3.05) is 0 Å². The smallest absolute Gasteiger partial charge is 0.187 e. The number of hydrogen-bond donors (Lipinski definition) is 0. The largest absolute Gasteiger partial charge is 0.468 e. The lowest BCUT2D eigenvalue weighted by Crippen LogP contribution is -1.89. The number of thioether (sulfide) groups is 1. The first kappa shape index (κ1) is 9.92.